The van der Waals surface area contributed by atoms with E-state index in [-0.39, 0.29) is 18.0 Å². The summed E-state index contributed by atoms with van der Waals surface area (Å²) in [7, 11) is -0.206. The number of carbonyl (C=O) groups is 1. The lowest BCUT2D eigenvalue weighted by atomic mass is 9.87. The first kappa shape index (κ1) is 27.9. The quantitative estimate of drug-likeness (QED) is 0.232. The van der Waals surface area contributed by atoms with Crippen LogP contribution in [0.1, 0.15) is 73.3 Å². The number of cyclic esters (lactones) is 1. The summed E-state index contributed by atoms with van der Waals surface area (Å²) < 4.78 is 23.6. The van der Waals surface area contributed by atoms with Gasteiger partial charge in [-0.15, -0.1) is 0 Å². The van der Waals surface area contributed by atoms with E-state index in [0.717, 1.165) is 30.8 Å². The maximum Gasteiger partial charge on any atom is 0.306 e. The zero-order chi connectivity index (χ0) is 24.6. The molecule has 1 aromatic rings. The summed E-state index contributed by atoms with van der Waals surface area (Å²) >= 11 is 0. The highest BCUT2D eigenvalue weighted by Gasteiger charge is 2.45. The van der Waals surface area contributed by atoms with Gasteiger partial charge in [0.15, 0.2) is 8.32 Å². The van der Waals surface area contributed by atoms with Crippen LogP contribution in [0.15, 0.2) is 24.3 Å². The Labute approximate surface area is 202 Å². The molecule has 5 nitrogen and oxygen atoms in total. The Kier molecular flexibility index (Phi) is 10.9. The normalized spacial score (nSPS) is 20.4. The minimum Gasteiger partial charge on any atom is -0.497 e. The first-order chi connectivity index (χ1) is 15.6. The van der Waals surface area contributed by atoms with Crippen LogP contribution in [-0.2, 0) is 25.3 Å². The van der Waals surface area contributed by atoms with Crippen molar-refractivity contribution >= 4 is 14.3 Å². The molecule has 2 rings (SSSR count). The summed E-state index contributed by atoms with van der Waals surface area (Å²) in [5.41, 5.74) is 2.82. The van der Waals surface area contributed by atoms with Gasteiger partial charge in [0.05, 0.1) is 20.3 Å². The molecule has 1 saturated heterocycles. The number of rotatable bonds is 13. The van der Waals surface area contributed by atoms with Crippen LogP contribution in [0.5, 0.6) is 5.75 Å². The summed E-state index contributed by atoms with van der Waals surface area (Å²) in [4.78, 5) is 12.3. The average Bonchev–Trinajstić information content (AvgIpc) is 2.76. The highest BCUT2D eigenvalue weighted by Crippen LogP contribution is 2.42. The number of hydrogen-bond acceptors (Lipinski definition) is 5. The molecule has 0 unspecified atom stereocenters. The predicted octanol–water partition coefficient (Wildman–Crippen LogP) is 6.75. The van der Waals surface area contributed by atoms with E-state index in [1.165, 1.54) is 0 Å². The third-order valence-corrected chi connectivity index (χ3v) is 13.5. The molecule has 0 bridgehead atoms. The molecular weight excluding hydrogens is 432 g/mol. The molecule has 0 radical (unpaired) electrons. The highest BCUT2D eigenvalue weighted by atomic mass is 28.4. The molecule has 0 saturated carbocycles. The van der Waals surface area contributed by atoms with Crippen molar-refractivity contribution in [1.82, 2.24) is 0 Å². The largest absolute Gasteiger partial charge is 0.497 e. The Morgan fingerprint density at radius 1 is 1.00 bits per heavy atom. The maximum atomic E-state index is 12.3. The Hall–Kier alpha value is -1.37. The summed E-state index contributed by atoms with van der Waals surface area (Å²) in [5.74, 6) is 1.23. The Bertz CT molecular complexity index is 694. The van der Waals surface area contributed by atoms with Gasteiger partial charge in [0.2, 0.25) is 0 Å². The summed E-state index contributed by atoms with van der Waals surface area (Å²) in [6, 6.07) is 7.89. The van der Waals surface area contributed by atoms with E-state index < -0.39 is 8.32 Å². The molecule has 1 fully saturated rings. The van der Waals surface area contributed by atoms with E-state index in [1.54, 1.807) is 7.11 Å². The molecule has 1 aromatic carbocycles. The van der Waals surface area contributed by atoms with Crippen LogP contribution in [0.25, 0.3) is 0 Å². The van der Waals surface area contributed by atoms with Crippen molar-refractivity contribution in [1.29, 1.82) is 0 Å². The number of ether oxygens (including phenoxy) is 3. The highest BCUT2D eigenvalue weighted by molar-refractivity contribution is 6.77. The lowest BCUT2D eigenvalue weighted by Crippen LogP contribution is -2.48. The molecule has 3 atom stereocenters. The van der Waals surface area contributed by atoms with E-state index in [2.05, 4.69) is 48.5 Å². The fraction of sp³-hybridized carbons (Fsp3) is 0.741. The van der Waals surface area contributed by atoms with Crippen molar-refractivity contribution in [2.45, 2.75) is 97.1 Å². The van der Waals surface area contributed by atoms with E-state index in [0.29, 0.717) is 42.2 Å². The van der Waals surface area contributed by atoms with Gasteiger partial charge in [0.1, 0.15) is 11.9 Å². The predicted molar refractivity (Wildman–Crippen MR) is 136 cm³/mol. The van der Waals surface area contributed by atoms with Gasteiger partial charge in [0.25, 0.3) is 0 Å². The van der Waals surface area contributed by atoms with Gasteiger partial charge < -0.3 is 18.6 Å². The van der Waals surface area contributed by atoms with E-state index in [4.69, 9.17) is 18.6 Å². The lowest BCUT2D eigenvalue weighted by molar-refractivity contribution is -0.162. The molecule has 188 valence electrons. The molecule has 1 aliphatic heterocycles. The molecule has 0 amide bonds. The summed E-state index contributed by atoms with van der Waals surface area (Å²) in [6.07, 6.45) is 2.22. The van der Waals surface area contributed by atoms with E-state index >= 15 is 0 Å². The van der Waals surface area contributed by atoms with Crippen molar-refractivity contribution in [3.63, 3.8) is 0 Å². The maximum absolute atomic E-state index is 12.3. The van der Waals surface area contributed by atoms with E-state index in [1.807, 2.05) is 24.3 Å². The summed E-state index contributed by atoms with van der Waals surface area (Å²) in [6.45, 7) is 17.8. The van der Waals surface area contributed by atoms with Crippen LogP contribution in [0.3, 0.4) is 0 Å². The zero-order valence-electron chi connectivity index (χ0n) is 22.1. The topological polar surface area (TPSA) is 54.0 Å². The molecule has 0 spiro atoms. The van der Waals surface area contributed by atoms with Gasteiger partial charge in [-0.3, -0.25) is 4.79 Å². The van der Waals surface area contributed by atoms with Crippen molar-refractivity contribution in [3.8, 4) is 5.75 Å². The van der Waals surface area contributed by atoms with Crippen LogP contribution in [0.4, 0.5) is 0 Å². The summed E-state index contributed by atoms with van der Waals surface area (Å²) in [5, 5.41) is 0. The van der Waals surface area contributed by atoms with Crippen LogP contribution in [0.2, 0.25) is 16.6 Å². The molecule has 6 heteroatoms. The lowest BCUT2D eigenvalue weighted by Gasteiger charge is -2.42. The van der Waals surface area contributed by atoms with Crippen molar-refractivity contribution in [2.75, 3.05) is 20.3 Å². The van der Waals surface area contributed by atoms with Gasteiger partial charge in [0, 0.05) is 18.9 Å². The number of carbonyl (C=O) groups excluding carboxylic acids is 1. The fourth-order valence-corrected chi connectivity index (χ4v) is 11.0. The van der Waals surface area contributed by atoms with Crippen molar-refractivity contribution < 1.29 is 23.4 Å². The van der Waals surface area contributed by atoms with Crippen molar-refractivity contribution in [3.05, 3.63) is 29.8 Å². The third-order valence-electron chi connectivity index (χ3n) is 7.33. The minimum absolute atomic E-state index is 0.0849. The number of benzene rings is 1. The van der Waals surface area contributed by atoms with Crippen LogP contribution >= 0.6 is 0 Å². The van der Waals surface area contributed by atoms with Gasteiger partial charge in [-0.1, -0.05) is 60.6 Å². The van der Waals surface area contributed by atoms with Gasteiger partial charge in [-0.25, -0.2) is 0 Å². The number of hydrogen-bond donors (Lipinski definition) is 0. The second kappa shape index (κ2) is 12.9. The molecule has 0 aromatic heterocycles. The number of esters is 1. The van der Waals surface area contributed by atoms with Crippen LogP contribution < -0.4 is 4.74 Å². The molecule has 0 aliphatic carbocycles. The van der Waals surface area contributed by atoms with Gasteiger partial charge in [-0.2, -0.15) is 0 Å². The second-order valence-electron chi connectivity index (χ2n) is 10.6. The SMILES string of the molecule is COc1ccc(COC[C@@H](C)[C@H]2C[C@@H](CCO[Si](C(C)C)(C(C)C)C(C)C)CC(=O)O2)cc1. The van der Waals surface area contributed by atoms with Gasteiger partial charge >= 0.3 is 5.97 Å². The molecule has 33 heavy (non-hydrogen) atoms. The second-order valence-corrected chi connectivity index (χ2v) is 16.1. The van der Waals surface area contributed by atoms with Gasteiger partial charge in [-0.05, 0) is 53.1 Å². The van der Waals surface area contributed by atoms with Crippen LogP contribution in [0, 0.1) is 11.8 Å². The Morgan fingerprint density at radius 3 is 2.15 bits per heavy atom. The Morgan fingerprint density at radius 2 is 1.61 bits per heavy atom. The zero-order valence-corrected chi connectivity index (χ0v) is 23.1. The minimum atomic E-state index is -1.87. The standard InChI is InChI=1S/C27H46O5Si/c1-19(2)33(20(3)4,21(5)6)31-14-13-24-15-26(32-27(28)16-24)22(7)17-30-18-23-9-11-25(29-8)12-10-23/h9-12,19-22,24,26H,13-18H2,1-8H3/t22-,24-,26-/m1/s1. The smallest absolute Gasteiger partial charge is 0.306 e. The monoisotopic (exact) mass is 478 g/mol. The van der Waals surface area contributed by atoms with Crippen LogP contribution in [-0.4, -0.2) is 40.7 Å². The molecular formula is C27H46O5Si. The van der Waals surface area contributed by atoms with E-state index in [9.17, 15) is 4.79 Å². The first-order valence-electron chi connectivity index (χ1n) is 12.6. The number of methoxy groups -OCH3 is 1. The molecule has 0 N–H and O–H groups in total. The average molecular weight is 479 g/mol. The first-order valence-corrected chi connectivity index (χ1v) is 14.8. The third kappa shape index (κ3) is 7.56. The molecule has 1 heterocycles. The fourth-order valence-electron chi connectivity index (χ4n) is 5.58. The molecule has 1 aliphatic rings. The van der Waals surface area contributed by atoms with Crippen molar-refractivity contribution in [2.24, 2.45) is 11.8 Å². The Balaban J connectivity index is 1.84.